The van der Waals surface area contributed by atoms with Gasteiger partial charge in [0, 0.05) is 7.05 Å². The van der Waals surface area contributed by atoms with Gasteiger partial charge in [-0.05, 0) is 24.7 Å². The molecule has 2 unspecified atom stereocenters. The molecule has 1 N–H and O–H groups in total. The molecule has 0 amide bonds. The van der Waals surface area contributed by atoms with Gasteiger partial charge < -0.3 is 5.11 Å². The van der Waals surface area contributed by atoms with Crippen LogP contribution in [0.2, 0.25) is 5.02 Å². The second kappa shape index (κ2) is 3.55. The zero-order valence-electron chi connectivity index (χ0n) is 8.44. The molecule has 1 saturated carbocycles. The van der Waals surface area contributed by atoms with Gasteiger partial charge in [0.2, 0.25) is 0 Å². The summed E-state index contributed by atoms with van der Waals surface area (Å²) in [5.41, 5.74) is 0.742. The van der Waals surface area contributed by atoms with E-state index < -0.39 is 6.10 Å². The van der Waals surface area contributed by atoms with Gasteiger partial charge in [-0.1, -0.05) is 18.5 Å². The van der Waals surface area contributed by atoms with Crippen LogP contribution in [-0.2, 0) is 7.05 Å². The van der Waals surface area contributed by atoms with Crippen molar-refractivity contribution in [2.45, 2.75) is 25.9 Å². The summed E-state index contributed by atoms with van der Waals surface area (Å²) in [5.74, 6) is 0.943. The molecule has 0 aliphatic heterocycles. The third-order valence-corrected chi connectivity index (χ3v) is 3.37. The van der Waals surface area contributed by atoms with Crippen LogP contribution in [0, 0.1) is 11.8 Å². The van der Waals surface area contributed by atoms with Crippen molar-refractivity contribution in [3.8, 4) is 0 Å². The lowest BCUT2D eigenvalue weighted by Gasteiger charge is -2.18. The average Bonchev–Trinajstić information content (AvgIpc) is 2.92. The summed E-state index contributed by atoms with van der Waals surface area (Å²) in [6, 6.07) is 0. The fraction of sp³-hybridized carbons (Fsp3) is 0.700. The van der Waals surface area contributed by atoms with Crippen LogP contribution in [0.4, 0.5) is 0 Å². The maximum absolute atomic E-state index is 10.1. The van der Waals surface area contributed by atoms with E-state index in [1.165, 1.54) is 12.8 Å². The highest BCUT2D eigenvalue weighted by Crippen LogP contribution is 2.43. The van der Waals surface area contributed by atoms with Crippen LogP contribution in [-0.4, -0.2) is 14.9 Å². The van der Waals surface area contributed by atoms with Crippen molar-refractivity contribution in [2.24, 2.45) is 18.9 Å². The number of aliphatic hydroxyl groups excluding tert-OH is 1. The number of aromatic nitrogens is 2. The van der Waals surface area contributed by atoms with E-state index in [4.69, 9.17) is 11.6 Å². The van der Waals surface area contributed by atoms with Crippen molar-refractivity contribution >= 4 is 11.6 Å². The molecule has 1 aliphatic rings. The molecule has 0 saturated heterocycles. The summed E-state index contributed by atoms with van der Waals surface area (Å²) in [5, 5.41) is 14.7. The standard InChI is InChI=1S/C10H15ClN2O/c1-6(7-3-4-7)10(14)9-8(11)5-12-13(9)2/h5-7,10,14H,3-4H2,1-2H3. The molecule has 4 heteroatoms. The molecule has 1 heterocycles. The van der Waals surface area contributed by atoms with Gasteiger partial charge in [0.1, 0.15) is 0 Å². The molecule has 2 atom stereocenters. The first-order valence-electron chi connectivity index (χ1n) is 4.96. The highest BCUT2D eigenvalue weighted by molar-refractivity contribution is 6.31. The Hall–Kier alpha value is -0.540. The van der Waals surface area contributed by atoms with Crippen LogP contribution in [0.5, 0.6) is 0 Å². The molecule has 14 heavy (non-hydrogen) atoms. The normalized spacial score (nSPS) is 20.9. The van der Waals surface area contributed by atoms with Gasteiger partial charge in [-0.2, -0.15) is 5.10 Å². The maximum atomic E-state index is 10.1. The highest BCUT2D eigenvalue weighted by Gasteiger charge is 2.35. The number of aryl methyl sites for hydroxylation is 1. The van der Waals surface area contributed by atoms with Crippen molar-refractivity contribution < 1.29 is 5.11 Å². The molecule has 78 valence electrons. The lowest BCUT2D eigenvalue weighted by molar-refractivity contribution is 0.0978. The van der Waals surface area contributed by atoms with E-state index in [-0.39, 0.29) is 5.92 Å². The fourth-order valence-electron chi connectivity index (χ4n) is 1.88. The fourth-order valence-corrected chi connectivity index (χ4v) is 2.16. The largest absolute Gasteiger partial charge is 0.386 e. The lowest BCUT2D eigenvalue weighted by atomic mass is 9.97. The summed E-state index contributed by atoms with van der Waals surface area (Å²) in [6.45, 7) is 2.08. The Morgan fingerprint density at radius 2 is 2.29 bits per heavy atom. The topological polar surface area (TPSA) is 38.1 Å². The quantitative estimate of drug-likeness (QED) is 0.838. The molecular formula is C10H15ClN2O. The van der Waals surface area contributed by atoms with E-state index in [0.29, 0.717) is 10.9 Å². The van der Waals surface area contributed by atoms with Gasteiger partial charge in [0.05, 0.1) is 23.0 Å². The molecule has 0 spiro atoms. The molecular weight excluding hydrogens is 200 g/mol. The Morgan fingerprint density at radius 1 is 1.64 bits per heavy atom. The summed E-state index contributed by atoms with van der Waals surface area (Å²) in [7, 11) is 1.81. The predicted octanol–water partition coefficient (Wildman–Crippen LogP) is 2.15. The number of hydrogen-bond acceptors (Lipinski definition) is 2. The Balaban J connectivity index is 2.20. The number of aliphatic hydroxyl groups is 1. The summed E-state index contributed by atoms with van der Waals surface area (Å²) in [6.07, 6.45) is 3.56. The van der Waals surface area contributed by atoms with Crippen molar-refractivity contribution in [3.63, 3.8) is 0 Å². The monoisotopic (exact) mass is 214 g/mol. The Bertz CT molecular complexity index is 313. The zero-order valence-corrected chi connectivity index (χ0v) is 9.20. The van der Waals surface area contributed by atoms with Crippen LogP contribution in [0.1, 0.15) is 31.6 Å². The molecule has 1 aromatic heterocycles. The summed E-state index contributed by atoms with van der Waals surface area (Å²) in [4.78, 5) is 0. The third kappa shape index (κ3) is 1.66. The molecule has 3 nitrogen and oxygen atoms in total. The van der Waals surface area contributed by atoms with Crippen LogP contribution >= 0.6 is 11.6 Å². The van der Waals surface area contributed by atoms with Gasteiger partial charge in [-0.25, -0.2) is 0 Å². The minimum absolute atomic E-state index is 0.280. The second-order valence-electron chi connectivity index (χ2n) is 4.14. The first kappa shape index (κ1) is 9.99. The Morgan fingerprint density at radius 3 is 2.71 bits per heavy atom. The van der Waals surface area contributed by atoms with Crippen molar-refractivity contribution in [1.82, 2.24) is 9.78 Å². The first-order valence-corrected chi connectivity index (χ1v) is 5.34. The van der Waals surface area contributed by atoms with Gasteiger partial charge >= 0.3 is 0 Å². The summed E-state index contributed by atoms with van der Waals surface area (Å²) >= 11 is 5.97. The average molecular weight is 215 g/mol. The summed E-state index contributed by atoms with van der Waals surface area (Å²) < 4.78 is 1.66. The van der Waals surface area contributed by atoms with Gasteiger partial charge in [0.25, 0.3) is 0 Å². The Kier molecular flexibility index (Phi) is 2.54. The van der Waals surface area contributed by atoms with E-state index >= 15 is 0 Å². The first-order chi connectivity index (χ1) is 6.61. The SMILES string of the molecule is CC(C1CC1)C(O)c1c(Cl)cnn1C. The number of hydrogen-bond donors (Lipinski definition) is 1. The minimum Gasteiger partial charge on any atom is -0.386 e. The van der Waals surface area contributed by atoms with Crippen molar-refractivity contribution in [3.05, 3.63) is 16.9 Å². The number of nitrogens with zero attached hydrogens (tertiary/aromatic N) is 2. The predicted molar refractivity (Wildman–Crippen MR) is 55.1 cm³/mol. The molecule has 1 fully saturated rings. The zero-order chi connectivity index (χ0) is 10.3. The molecule has 1 aliphatic carbocycles. The van der Waals surface area contributed by atoms with E-state index in [0.717, 1.165) is 5.69 Å². The van der Waals surface area contributed by atoms with Crippen molar-refractivity contribution in [1.29, 1.82) is 0 Å². The van der Waals surface area contributed by atoms with Gasteiger partial charge in [0.15, 0.2) is 0 Å². The molecule has 0 bridgehead atoms. The number of rotatable bonds is 3. The van der Waals surface area contributed by atoms with E-state index in [1.807, 2.05) is 7.05 Å². The van der Waals surface area contributed by atoms with Crippen LogP contribution in [0.25, 0.3) is 0 Å². The third-order valence-electron chi connectivity index (χ3n) is 3.08. The van der Waals surface area contributed by atoms with E-state index in [9.17, 15) is 5.11 Å². The van der Waals surface area contributed by atoms with Crippen LogP contribution in [0.3, 0.4) is 0 Å². The minimum atomic E-state index is -0.484. The number of halogens is 1. The maximum Gasteiger partial charge on any atom is 0.0999 e. The lowest BCUT2D eigenvalue weighted by Crippen LogP contribution is -2.15. The van der Waals surface area contributed by atoms with Gasteiger partial charge in [-0.3, -0.25) is 4.68 Å². The van der Waals surface area contributed by atoms with E-state index in [1.54, 1.807) is 10.9 Å². The van der Waals surface area contributed by atoms with E-state index in [2.05, 4.69) is 12.0 Å². The molecule has 0 aromatic carbocycles. The molecule has 2 rings (SSSR count). The van der Waals surface area contributed by atoms with Gasteiger partial charge in [-0.15, -0.1) is 0 Å². The highest BCUT2D eigenvalue weighted by atomic mass is 35.5. The smallest absolute Gasteiger partial charge is 0.0999 e. The van der Waals surface area contributed by atoms with Crippen LogP contribution < -0.4 is 0 Å². The van der Waals surface area contributed by atoms with Crippen molar-refractivity contribution in [2.75, 3.05) is 0 Å². The second-order valence-corrected chi connectivity index (χ2v) is 4.55. The Labute approximate surface area is 88.7 Å². The van der Waals surface area contributed by atoms with Crippen LogP contribution in [0.15, 0.2) is 6.20 Å². The molecule has 1 aromatic rings. The molecule has 0 radical (unpaired) electrons.